The Morgan fingerprint density at radius 1 is 1.33 bits per heavy atom. The molecule has 1 aromatic carbocycles. The van der Waals surface area contributed by atoms with E-state index >= 15 is 0 Å². The quantitative estimate of drug-likeness (QED) is 0.674. The van der Waals surface area contributed by atoms with Crippen LogP contribution in [0.5, 0.6) is 5.88 Å². The summed E-state index contributed by atoms with van der Waals surface area (Å²) in [6.07, 6.45) is 2.06. The molecule has 0 radical (unpaired) electrons. The fraction of sp³-hybridized carbons (Fsp3) is 0.455. The Balaban J connectivity index is 2.02. The number of H-pyrrole nitrogens is 1. The first-order chi connectivity index (χ1) is 14.2. The Labute approximate surface area is 181 Å². The van der Waals surface area contributed by atoms with Crippen molar-refractivity contribution in [2.24, 2.45) is 5.10 Å². The molecular formula is C22H28N4O3S. The Hall–Kier alpha value is -2.74. The summed E-state index contributed by atoms with van der Waals surface area (Å²) in [5.74, 6) is -0.0165. The first-order valence-electron chi connectivity index (χ1n) is 10.3. The summed E-state index contributed by atoms with van der Waals surface area (Å²) in [5.41, 5.74) is 2.10. The van der Waals surface area contributed by atoms with Crippen LogP contribution in [0.3, 0.4) is 0 Å². The van der Waals surface area contributed by atoms with Crippen LogP contribution in [0.25, 0.3) is 0 Å². The molecule has 0 aliphatic carbocycles. The van der Waals surface area contributed by atoms with Crippen LogP contribution in [0.1, 0.15) is 75.6 Å². The molecule has 8 heteroatoms. The molecule has 0 spiro atoms. The second kappa shape index (κ2) is 8.95. The van der Waals surface area contributed by atoms with Gasteiger partial charge in [-0.25, -0.2) is 5.01 Å². The van der Waals surface area contributed by atoms with Gasteiger partial charge in [0.05, 0.1) is 11.8 Å². The smallest absolute Gasteiger partial charge is 0.264 e. The number of hydrogen-bond donors (Lipinski definition) is 2. The van der Waals surface area contributed by atoms with Crippen LogP contribution >= 0.6 is 12.2 Å². The predicted molar refractivity (Wildman–Crippen MR) is 119 cm³/mol. The van der Waals surface area contributed by atoms with E-state index in [9.17, 15) is 14.7 Å². The van der Waals surface area contributed by atoms with Gasteiger partial charge in [-0.1, -0.05) is 51.5 Å². The van der Waals surface area contributed by atoms with Crippen LogP contribution in [0.4, 0.5) is 0 Å². The molecule has 0 bridgehead atoms. The number of aromatic amines is 1. The van der Waals surface area contributed by atoms with Gasteiger partial charge < -0.3 is 5.11 Å². The lowest BCUT2D eigenvalue weighted by molar-refractivity contribution is -0.130. The zero-order chi connectivity index (χ0) is 22.0. The molecule has 3 rings (SSSR count). The number of rotatable bonds is 6. The van der Waals surface area contributed by atoms with Gasteiger partial charge in [0.1, 0.15) is 5.56 Å². The first kappa shape index (κ1) is 22.0. The third kappa shape index (κ3) is 4.23. The molecular weight excluding hydrogens is 400 g/mol. The lowest BCUT2D eigenvalue weighted by Gasteiger charge is -2.21. The highest BCUT2D eigenvalue weighted by Crippen LogP contribution is 2.34. The van der Waals surface area contributed by atoms with Crippen molar-refractivity contribution >= 4 is 23.8 Å². The van der Waals surface area contributed by atoms with E-state index in [1.165, 1.54) is 22.1 Å². The molecule has 1 unspecified atom stereocenters. The minimum Gasteiger partial charge on any atom is -0.494 e. The Morgan fingerprint density at radius 2 is 2.00 bits per heavy atom. The average Bonchev–Trinajstić information content (AvgIpc) is 3.13. The average molecular weight is 429 g/mol. The molecule has 1 amide bonds. The van der Waals surface area contributed by atoms with Crippen LogP contribution in [0.2, 0.25) is 0 Å². The topological polar surface area (TPSA) is 90.7 Å². The van der Waals surface area contributed by atoms with Gasteiger partial charge in [0.15, 0.2) is 4.77 Å². The molecule has 160 valence electrons. The van der Waals surface area contributed by atoms with Gasteiger partial charge in [-0.2, -0.15) is 5.10 Å². The normalized spacial score (nSPS) is 16.2. The molecule has 1 atom stereocenters. The number of hydrazone groups is 1. The van der Waals surface area contributed by atoms with Crippen molar-refractivity contribution in [1.82, 2.24) is 14.6 Å². The minimum absolute atomic E-state index is 0.0762. The van der Waals surface area contributed by atoms with Crippen molar-refractivity contribution in [3.63, 3.8) is 0 Å². The fourth-order valence-electron chi connectivity index (χ4n) is 3.66. The van der Waals surface area contributed by atoms with Gasteiger partial charge in [0.25, 0.3) is 5.56 Å². The predicted octanol–water partition coefficient (Wildman–Crippen LogP) is 4.23. The van der Waals surface area contributed by atoms with Gasteiger partial charge in [0.2, 0.25) is 11.8 Å². The SMILES string of the molecule is CCCCn1c(O)c(C2=NN(C(C)=O)C(c3ccc(C(C)C)cc3)C2)c(=O)[nH]c1=S. The molecule has 2 aromatic rings. The van der Waals surface area contributed by atoms with Gasteiger partial charge >= 0.3 is 0 Å². The number of aromatic hydroxyl groups is 1. The van der Waals surface area contributed by atoms with E-state index < -0.39 is 5.56 Å². The van der Waals surface area contributed by atoms with E-state index in [2.05, 4.69) is 23.9 Å². The third-order valence-corrected chi connectivity index (χ3v) is 5.74. The molecule has 30 heavy (non-hydrogen) atoms. The van der Waals surface area contributed by atoms with E-state index in [4.69, 9.17) is 12.2 Å². The zero-order valence-electron chi connectivity index (χ0n) is 17.8. The second-order valence-corrected chi connectivity index (χ2v) is 8.30. The van der Waals surface area contributed by atoms with Crippen LogP contribution in [0, 0.1) is 4.77 Å². The number of unbranched alkanes of at least 4 members (excludes halogenated alkanes) is 1. The van der Waals surface area contributed by atoms with Crippen molar-refractivity contribution in [2.45, 2.75) is 65.5 Å². The van der Waals surface area contributed by atoms with E-state index in [0.717, 1.165) is 18.4 Å². The van der Waals surface area contributed by atoms with Crippen molar-refractivity contribution < 1.29 is 9.90 Å². The second-order valence-electron chi connectivity index (χ2n) is 7.91. The maximum atomic E-state index is 12.6. The lowest BCUT2D eigenvalue weighted by atomic mass is 9.96. The highest BCUT2D eigenvalue weighted by Gasteiger charge is 2.34. The van der Waals surface area contributed by atoms with Gasteiger partial charge in [-0.15, -0.1) is 0 Å². The van der Waals surface area contributed by atoms with Crippen LogP contribution in [-0.4, -0.2) is 31.3 Å². The monoisotopic (exact) mass is 428 g/mol. The molecule has 7 nitrogen and oxygen atoms in total. The largest absolute Gasteiger partial charge is 0.494 e. The Morgan fingerprint density at radius 3 is 2.57 bits per heavy atom. The molecule has 1 aliphatic rings. The summed E-state index contributed by atoms with van der Waals surface area (Å²) in [4.78, 5) is 27.5. The van der Waals surface area contributed by atoms with Crippen LogP contribution in [-0.2, 0) is 11.3 Å². The molecule has 0 fully saturated rings. The summed E-state index contributed by atoms with van der Waals surface area (Å²) in [5, 5.41) is 16.6. The molecule has 1 aliphatic heterocycles. The maximum Gasteiger partial charge on any atom is 0.264 e. The maximum absolute atomic E-state index is 12.6. The Kier molecular flexibility index (Phi) is 6.55. The number of amides is 1. The number of carbonyl (C=O) groups is 1. The number of nitrogens with one attached hydrogen (secondary N) is 1. The van der Waals surface area contributed by atoms with Gasteiger partial charge in [-0.05, 0) is 35.7 Å². The summed E-state index contributed by atoms with van der Waals surface area (Å²) in [6.45, 7) is 8.22. The van der Waals surface area contributed by atoms with Crippen molar-refractivity contribution in [1.29, 1.82) is 0 Å². The summed E-state index contributed by atoms with van der Waals surface area (Å²) < 4.78 is 1.69. The number of benzene rings is 1. The number of carbonyl (C=O) groups excluding carboxylic acids is 1. The first-order valence-corrected chi connectivity index (χ1v) is 10.7. The fourth-order valence-corrected chi connectivity index (χ4v) is 3.93. The number of aromatic nitrogens is 2. The lowest BCUT2D eigenvalue weighted by Crippen LogP contribution is -2.24. The highest BCUT2D eigenvalue weighted by molar-refractivity contribution is 7.71. The van der Waals surface area contributed by atoms with E-state index in [-0.39, 0.29) is 28.2 Å². The van der Waals surface area contributed by atoms with Gasteiger partial charge in [-0.3, -0.25) is 19.1 Å². The summed E-state index contributed by atoms with van der Waals surface area (Å²) in [7, 11) is 0. The number of nitrogens with zero attached hydrogens (tertiary/aromatic N) is 3. The van der Waals surface area contributed by atoms with Crippen LogP contribution in [0.15, 0.2) is 34.2 Å². The highest BCUT2D eigenvalue weighted by atomic mass is 32.1. The Bertz CT molecular complexity index is 1080. The van der Waals surface area contributed by atoms with Crippen molar-refractivity contribution in [3.05, 3.63) is 56.1 Å². The molecule has 1 aromatic heterocycles. The van der Waals surface area contributed by atoms with Crippen molar-refractivity contribution in [2.75, 3.05) is 0 Å². The van der Waals surface area contributed by atoms with E-state index in [0.29, 0.717) is 24.6 Å². The van der Waals surface area contributed by atoms with E-state index in [1.54, 1.807) is 0 Å². The summed E-state index contributed by atoms with van der Waals surface area (Å²) >= 11 is 5.22. The molecule has 2 N–H and O–H groups in total. The zero-order valence-corrected chi connectivity index (χ0v) is 18.6. The van der Waals surface area contributed by atoms with Crippen LogP contribution < -0.4 is 5.56 Å². The minimum atomic E-state index is -0.497. The number of hydrogen-bond acceptors (Lipinski definition) is 5. The third-order valence-electron chi connectivity index (χ3n) is 5.42. The van der Waals surface area contributed by atoms with Gasteiger partial charge in [0, 0.05) is 19.9 Å². The molecule has 0 saturated heterocycles. The van der Waals surface area contributed by atoms with E-state index in [1.807, 2.05) is 31.2 Å². The standard InChI is InChI=1S/C22H28N4O3S/c1-5-6-11-25-21(29)19(20(28)23-22(25)30)17-12-18(26(24-17)14(4)27)16-9-7-15(8-10-16)13(2)3/h7-10,13,18,29H,5-6,11-12H2,1-4H3,(H,23,28,30). The molecule has 0 saturated carbocycles. The van der Waals surface area contributed by atoms with Crippen molar-refractivity contribution in [3.8, 4) is 5.88 Å². The summed E-state index contributed by atoms with van der Waals surface area (Å²) in [6, 6.07) is 7.75. The molecule has 2 heterocycles.